The van der Waals surface area contributed by atoms with E-state index in [0.717, 1.165) is 31.7 Å². The summed E-state index contributed by atoms with van der Waals surface area (Å²) in [7, 11) is 4.13. The Bertz CT molecular complexity index is 962. The van der Waals surface area contributed by atoms with Gasteiger partial charge in [0.2, 0.25) is 0 Å². The van der Waals surface area contributed by atoms with Gasteiger partial charge in [-0.15, -0.1) is 11.3 Å². The van der Waals surface area contributed by atoms with Crippen LogP contribution in [0.1, 0.15) is 23.3 Å². The van der Waals surface area contributed by atoms with Crippen molar-refractivity contribution in [3.8, 4) is 5.75 Å². The van der Waals surface area contributed by atoms with Crippen LogP contribution in [0.3, 0.4) is 0 Å². The number of nitrogens with zero attached hydrogens (tertiary/aromatic N) is 2. The number of aliphatic hydroxyl groups is 1. The van der Waals surface area contributed by atoms with Crippen molar-refractivity contribution in [1.82, 2.24) is 9.80 Å². The number of aliphatic carboxylic acids is 3. The lowest BCUT2D eigenvalue weighted by atomic mass is 9.96. The van der Waals surface area contributed by atoms with Gasteiger partial charge in [-0.3, -0.25) is 14.5 Å². The topological polar surface area (TPSA) is 159 Å². The Morgan fingerprint density at radius 3 is 1.91 bits per heavy atom. The van der Waals surface area contributed by atoms with Crippen molar-refractivity contribution in [1.29, 1.82) is 0 Å². The highest BCUT2D eigenvalue weighted by atomic mass is 35.5. The number of carboxylic acid groups (broad SMARTS) is 3. The molecule has 10 nitrogen and oxygen atoms in total. The van der Waals surface area contributed by atoms with Crippen LogP contribution >= 0.6 is 34.5 Å². The van der Waals surface area contributed by atoms with E-state index in [-0.39, 0.29) is 5.75 Å². The molecule has 1 aromatic heterocycles. The minimum atomic E-state index is -2.74. The maximum absolute atomic E-state index is 10.3. The van der Waals surface area contributed by atoms with E-state index in [1.165, 1.54) is 4.88 Å². The number of aromatic hydroxyl groups is 1. The fourth-order valence-electron chi connectivity index (χ4n) is 2.86. The summed E-state index contributed by atoms with van der Waals surface area (Å²) in [5.41, 5.74) is -1.74. The second-order valence-electron chi connectivity index (χ2n) is 7.98. The van der Waals surface area contributed by atoms with E-state index in [0.29, 0.717) is 10.0 Å². The highest BCUT2D eigenvalue weighted by Crippen LogP contribution is 2.33. The zero-order valence-corrected chi connectivity index (χ0v) is 21.5. The van der Waals surface area contributed by atoms with Crippen molar-refractivity contribution in [3.63, 3.8) is 0 Å². The lowest BCUT2D eigenvalue weighted by Gasteiger charge is -2.24. The molecule has 2 rings (SSSR count). The summed E-state index contributed by atoms with van der Waals surface area (Å²) in [6.45, 7) is 3.55. The molecule has 2 aromatic rings. The molecular formula is C22H28Cl2N2O8S. The van der Waals surface area contributed by atoms with Crippen LogP contribution in [0.15, 0.2) is 29.6 Å². The minimum absolute atomic E-state index is 0.0508. The molecule has 0 saturated carbocycles. The van der Waals surface area contributed by atoms with E-state index in [1.54, 1.807) is 23.5 Å². The van der Waals surface area contributed by atoms with Crippen molar-refractivity contribution < 1.29 is 39.9 Å². The molecule has 0 aliphatic heterocycles. The Morgan fingerprint density at radius 1 is 0.971 bits per heavy atom. The maximum atomic E-state index is 10.3. The number of phenolic OH excluding ortho intramolecular Hbond substituents is 1. The third kappa shape index (κ3) is 11.2. The molecule has 5 N–H and O–H groups in total. The number of carbonyl (C=O) groups is 3. The average Bonchev–Trinajstić information content (AvgIpc) is 3.22. The molecule has 0 saturated heterocycles. The monoisotopic (exact) mass is 550 g/mol. The number of halogens is 2. The van der Waals surface area contributed by atoms with E-state index in [1.807, 2.05) is 0 Å². The molecule has 0 spiro atoms. The minimum Gasteiger partial charge on any atom is -0.505 e. The number of rotatable bonds is 12. The average molecular weight is 551 g/mol. The molecule has 0 aliphatic rings. The van der Waals surface area contributed by atoms with Gasteiger partial charge < -0.3 is 30.4 Å². The van der Waals surface area contributed by atoms with Crippen LogP contribution in [0.5, 0.6) is 5.75 Å². The third-order valence-corrected chi connectivity index (χ3v) is 6.03. The van der Waals surface area contributed by atoms with Gasteiger partial charge >= 0.3 is 17.9 Å². The second-order valence-corrected chi connectivity index (χ2v) is 9.83. The van der Waals surface area contributed by atoms with Crippen molar-refractivity contribution in [2.24, 2.45) is 0 Å². The third-order valence-electron chi connectivity index (χ3n) is 4.59. The fourth-order valence-corrected chi connectivity index (χ4v) is 4.14. The zero-order chi connectivity index (χ0) is 26.8. The molecule has 0 amide bonds. The number of thiophene rings is 1. The Labute approximate surface area is 216 Å². The Balaban J connectivity index is 0.000000405. The number of carboxylic acids is 3. The van der Waals surface area contributed by atoms with Crippen LogP contribution in [0.4, 0.5) is 0 Å². The molecule has 13 heteroatoms. The maximum Gasteiger partial charge on any atom is 0.336 e. The highest BCUT2D eigenvalue weighted by molar-refractivity contribution is 7.09. The molecule has 0 fully saturated rings. The van der Waals surface area contributed by atoms with Gasteiger partial charge in [-0.1, -0.05) is 29.3 Å². The van der Waals surface area contributed by atoms with Gasteiger partial charge in [0, 0.05) is 31.1 Å². The van der Waals surface area contributed by atoms with Crippen LogP contribution < -0.4 is 0 Å². The molecule has 0 atom stereocenters. The molecule has 1 heterocycles. The molecule has 0 radical (unpaired) electrons. The van der Waals surface area contributed by atoms with E-state index in [2.05, 4.69) is 41.4 Å². The Kier molecular flexibility index (Phi) is 12.4. The van der Waals surface area contributed by atoms with E-state index in [9.17, 15) is 19.5 Å². The SMILES string of the molecule is CN(C)CCN(Cc1cc(Cl)c(O)c(Cl)c1)Cc1cccs1.O=C(O)CC(O)(CC(=O)O)C(=O)O. The Hall–Kier alpha value is -2.41. The fraction of sp³-hybridized carbons (Fsp3) is 0.409. The predicted molar refractivity (Wildman–Crippen MR) is 132 cm³/mol. The van der Waals surface area contributed by atoms with Gasteiger partial charge in [0.25, 0.3) is 0 Å². The molecule has 0 aliphatic carbocycles. The zero-order valence-electron chi connectivity index (χ0n) is 19.1. The lowest BCUT2D eigenvalue weighted by molar-refractivity contribution is -0.170. The number of hydrogen-bond acceptors (Lipinski definition) is 8. The number of likely N-dealkylation sites (N-methyl/N-ethyl adjacent to an activating group) is 1. The van der Waals surface area contributed by atoms with E-state index in [4.69, 9.17) is 43.6 Å². The quantitative estimate of drug-likeness (QED) is 0.265. The van der Waals surface area contributed by atoms with Crippen molar-refractivity contribution in [2.45, 2.75) is 31.5 Å². The van der Waals surface area contributed by atoms with Crippen LogP contribution in [0, 0.1) is 0 Å². The smallest absolute Gasteiger partial charge is 0.336 e. The lowest BCUT2D eigenvalue weighted by Crippen LogP contribution is -2.42. The number of benzene rings is 1. The van der Waals surface area contributed by atoms with Gasteiger partial charge in [0.05, 0.1) is 22.9 Å². The summed E-state index contributed by atoms with van der Waals surface area (Å²) in [5, 5.41) is 46.2. The molecule has 35 heavy (non-hydrogen) atoms. The highest BCUT2D eigenvalue weighted by Gasteiger charge is 2.40. The molecule has 194 valence electrons. The van der Waals surface area contributed by atoms with Crippen LogP contribution in [-0.2, 0) is 27.5 Å². The molecule has 0 bridgehead atoms. The standard InChI is InChI=1S/C16H20Cl2N2OS.C6H8O7/c1-19(2)5-6-20(11-13-4-3-7-22-13)10-12-8-14(17)16(21)15(18)9-12;7-3(8)1-6(13,5(11)12)2-4(9)10/h3-4,7-9,21H,5-6,10-11H2,1-2H3;13H,1-2H2,(H,7,8)(H,9,10)(H,11,12). The number of hydrogen-bond donors (Lipinski definition) is 5. The van der Waals surface area contributed by atoms with Crippen molar-refractivity contribution in [3.05, 3.63) is 50.1 Å². The normalized spacial score (nSPS) is 11.3. The summed E-state index contributed by atoms with van der Waals surface area (Å²) in [6.07, 6.45) is -2.29. The van der Waals surface area contributed by atoms with Crippen molar-refractivity contribution in [2.75, 3.05) is 27.2 Å². The summed E-state index contributed by atoms with van der Waals surface area (Å²) in [6, 6.07) is 7.77. The Morgan fingerprint density at radius 2 is 1.51 bits per heavy atom. The summed E-state index contributed by atoms with van der Waals surface area (Å²) in [4.78, 5) is 36.3. The first-order valence-corrected chi connectivity index (χ1v) is 11.8. The summed E-state index contributed by atoms with van der Waals surface area (Å²) < 4.78 is 0. The molecule has 0 unspecified atom stereocenters. The first kappa shape index (κ1) is 30.6. The van der Waals surface area contributed by atoms with Crippen LogP contribution in [0.2, 0.25) is 10.0 Å². The largest absolute Gasteiger partial charge is 0.505 e. The van der Waals surface area contributed by atoms with Gasteiger partial charge in [-0.2, -0.15) is 0 Å². The van der Waals surface area contributed by atoms with Gasteiger partial charge in [-0.05, 0) is 43.2 Å². The van der Waals surface area contributed by atoms with Gasteiger partial charge in [0.15, 0.2) is 11.4 Å². The predicted octanol–water partition coefficient (Wildman–Crippen LogP) is 3.08. The first-order valence-electron chi connectivity index (χ1n) is 10.2. The van der Waals surface area contributed by atoms with E-state index >= 15 is 0 Å². The number of phenols is 1. The van der Waals surface area contributed by atoms with Crippen molar-refractivity contribution >= 4 is 52.4 Å². The van der Waals surface area contributed by atoms with Crippen LogP contribution in [0.25, 0.3) is 0 Å². The van der Waals surface area contributed by atoms with Crippen LogP contribution in [-0.4, -0.2) is 86.0 Å². The molecular weight excluding hydrogens is 523 g/mol. The van der Waals surface area contributed by atoms with Gasteiger partial charge in [0.1, 0.15) is 0 Å². The summed E-state index contributed by atoms with van der Waals surface area (Å²) >= 11 is 13.8. The molecule has 1 aromatic carbocycles. The summed E-state index contributed by atoms with van der Waals surface area (Å²) in [5.74, 6) is -5.07. The van der Waals surface area contributed by atoms with E-state index < -0.39 is 36.4 Å². The van der Waals surface area contributed by atoms with Gasteiger partial charge in [-0.25, -0.2) is 4.79 Å². The second kappa shape index (κ2) is 14.2. The first-order chi connectivity index (χ1) is 16.2.